The van der Waals surface area contributed by atoms with Crippen LogP contribution in [-0.4, -0.2) is 36.3 Å². The first-order valence-corrected chi connectivity index (χ1v) is 9.82. The predicted molar refractivity (Wildman–Crippen MR) is 112 cm³/mol. The standard InChI is InChI=1S/C20H22IN3O2/c21-17-10-4-5-11-18(17)23-19(25)14-24-12-6-7-15(13-24)20(26)22-16-8-2-1-3-9-16/h1-5,8-11,15H,6-7,12-14H2,(H,22,26)(H,23,25)/t15-/m1/s1. The third kappa shape index (κ3) is 5.28. The van der Waals surface area contributed by atoms with Crippen LogP contribution in [0.25, 0.3) is 0 Å². The Balaban J connectivity index is 1.52. The summed E-state index contributed by atoms with van der Waals surface area (Å²) in [7, 11) is 0. The van der Waals surface area contributed by atoms with Crippen molar-refractivity contribution in [2.75, 3.05) is 30.3 Å². The van der Waals surface area contributed by atoms with E-state index in [0.717, 1.165) is 34.3 Å². The van der Waals surface area contributed by atoms with E-state index in [1.807, 2.05) is 54.6 Å². The molecule has 1 saturated heterocycles. The van der Waals surface area contributed by atoms with Crippen molar-refractivity contribution in [1.82, 2.24) is 4.90 Å². The average molecular weight is 463 g/mol. The molecule has 0 aliphatic carbocycles. The number of benzene rings is 2. The maximum Gasteiger partial charge on any atom is 0.238 e. The van der Waals surface area contributed by atoms with E-state index in [1.165, 1.54) is 0 Å². The van der Waals surface area contributed by atoms with Crippen molar-refractivity contribution in [3.05, 3.63) is 58.2 Å². The Hall–Kier alpha value is -1.93. The highest BCUT2D eigenvalue weighted by Gasteiger charge is 2.27. The Kier molecular flexibility index (Phi) is 6.62. The minimum atomic E-state index is -0.0892. The number of carbonyl (C=O) groups excluding carboxylic acids is 2. The zero-order chi connectivity index (χ0) is 18.4. The van der Waals surface area contributed by atoms with Crippen molar-refractivity contribution >= 4 is 45.8 Å². The van der Waals surface area contributed by atoms with Gasteiger partial charge in [0.1, 0.15) is 0 Å². The lowest BCUT2D eigenvalue weighted by Crippen LogP contribution is -2.44. The molecule has 2 aromatic carbocycles. The third-order valence-electron chi connectivity index (χ3n) is 4.43. The molecular formula is C20H22IN3O2. The van der Waals surface area contributed by atoms with E-state index < -0.39 is 0 Å². The number of anilines is 2. The van der Waals surface area contributed by atoms with Gasteiger partial charge in [0, 0.05) is 15.8 Å². The molecule has 2 N–H and O–H groups in total. The molecule has 0 aromatic heterocycles. The van der Waals surface area contributed by atoms with Gasteiger partial charge in [0.05, 0.1) is 18.2 Å². The van der Waals surface area contributed by atoms with E-state index in [2.05, 4.69) is 38.1 Å². The highest BCUT2D eigenvalue weighted by molar-refractivity contribution is 14.1. The van der Waals surface area contributed by atoms with Gasteiger partial charge in [-0.25, -0.2) is 0 Å². The molecule has 0 spiro atoms. The van der Waals surface area contributed by atoms with Crippen LogP contribution in [0.1, 0.15) is 12.8 Å². The summed E-state index contributed by atoms with van der Waals surface area (Å²) in [6, 6.07) is 17.2. The van der Waals surface area contributed by atoms with Gasteiger partial charge in [-0.1, -0.05) is 30.3 Å². The number of likely N-dealkylation sites (tertiary alicyclic amines) is 1. The number of piperidine rings is 1. The number of hydrogen-bond donors (Lipinski definition) is 2. The van der Waals surface area contributed by atoms with Gasteiger partial charge in [0.15, 0.2) is 0 Å². The van der Waals surface area contributed by atoms with Crippen LogP contribution < -0.4 is 10.6 Å². The number of amides is 2. The molecule has 1 fully saturated rings. The minimum Gasteiger partial charge on any atom is -0.326 e. The number of rotatable bonds is 5. The largest absolute Gasteiger partial charge is 0.326 e. The van der Waals surface area contributed by atoms with Crippen LogP contribution >= 0.6 is 22.6 Å². The number of para-hydroxylation sites is 2. The molecule has 0 unspecified atom stereocenters. The molecule has 136 valence electrons. The van der Waals surface area contributed by atoms with Crippen molar-refractivity contribution in [3.8, 4) is 0 Å². The van der Waals surface area contributed by atoms with Gasteiger partial charge in [0.25, 0.3) is 0 Å². The molecular weight excluding hydrogens is 441 g/mol. The van der Waals surface area contributed by atoms with Gasteiger partial charge in [-0.3, -0.25) is 14.5 Å². The fraction of sp³-hybridized carbons (Fsp3) is 0.300. The van der Waals surface area contributed by atoms with E-state index in [-0.39, 0.29) is 17.7 Å². The van der Waals surface area contributed by atoms with Crippen LogP contribution in [-0.2, 0) is 9.59 Å². The molecule has 1 atom stereocenters. The monoisotopic (exact) mass is 463 g/mol. The zero-order valence-corrected chi connectivity index (χ0v) is 16.6. The SMILES string of the molecule is O=C(CN1CCC[C@@H](C(=O)Nc2ccccc2)C1)Nc1ccccc1I. The number of nitrogens with one attached hydrogen (secondary N) is 2. The predicted octanol–water partition coefficient (Wildman–Crippen LogP) is 3.58. The second-order valence-corrected chi connectivity index (χ2v) is 7.62. The highest BCUT2D eigenvalue weighted by atomic mass is 127. The molecule has 2 aromatic rings. The Morgan fingerprint density at radius 1 is 1.04 bits per heavy atom. The molecule has 1 heterocycles. The molecule has 0 saturated carbocycles. The van der Waals surface area contributed by atoms with Crippen LogP contribution in [0.2, 0.25) is 0 Å². The lowest BCUT2D eigenvalue weighted by molar-refractivity contribution is -0.123. The molecule has 2 amide bonds. The zero-order valence-electron chi connectivity index (χ0n) is 14.5. The Bertz CT molecular complexity index is 767. The normalized spacial score (nSPS) is 17.5. The van der Waals surface area contributed by atoms with Crippen LogP contribution in [0.3, 0.4) is 0 Å². The molecule has 3 rings (SSSR count). The maximum atomic E-state index is 12.5. The second kappa shape index (κ2) is 9.14. The van der Waals surface area contributed by atoms with Crippen LogP contribution in [0.15, 0.2) is 54.6 Å². The first kappa shape index (κ1) is 18.8. The van der Waals surface area contributed by atoms with Crippen molar-refractivity contribution in [2.45, 2.75) is 12.8 Å². The van der Waals surface area contributed by atoms with E-state index >= 15 is 0 Å². The summed E-state index contributed by atoms with van der Waals surface area (Å²) in [6.45, 7) is 1.76. The first-order valence-electron chi connectivity index (χ1n) is 8.74. The third-order valence-corrected chi connectivity index (χ3v) is 5.37. The fourth-order valence-corrected chi connectivity index (χ4v) is 3.66. The second-order valence-electron chi connectivity index (χ2n) is 6.46. The summed E-state index contributed by atoms with van der Waals surface area (Å²) in [5.41, 5.74) is 1.64. The highest BCUT2D eigenvalue weighted by Crippen LogP contribution is 2.20. The van der Waals surface area contributed by atoms with E-state index in [4.69, 9.17) is 0 Å². The summed E-state index contributed by atoms with van der Waals surface area (Å²) >= 11 is 2.21. The van der Waals surface area contributed by atoms with Gasteiger partial charge in [0.2, 0.25) is 11.8 Å². The lowest BCUT2D eigenvalue weighted by Gasteiger charge is -2.31. The van der Waals surface area contributed by atoms with E-state index in [9.17, 15) is 9.59 Å². The smallest absolute Gasteiger partial charge is 0.238 e. The van der Waals surface area contributed by atoms with Gasteiger partial charge < -0.3 is 10.6 Å². The number of hydrogen-bond acceptors (Lipinski definition) is 3. The van der Waals surface area contributed by atoms with Crippen LogP contribution in [0.4, 0.5) is 11.4 Å². The Morgan fingerprint density at radius 2 is 1.77 bits per heavy atom. The van der Waals surface area contributed by atoms with Crippen molar-refractivity contribution in [2.24, 2.45) is 5.92 Å². The maximum absolute atomic E-state index is 12.5. The molecule has 5 nitrogen and oxygen atoms in total. The van der Waals surface area contributed by atoms with Crippen LogP contribution in [0, 0.1) is 9.49 Å². The molecule has 6 heteroatoms. The van der Waals surface area contributed by atoms with Gasteiger partial charge in [-0.05, 0) is 66.2 Å². The fourth-order valence-electron chi connectivity index (χ4n) is 3.13. The molecule has 0 radical (unpaired) electrons. The Labute approximate surface area is 167 Å². The van der Waals surface area contributed by atoms with E-state index in [1.54, 1.807) is 0 Å². The quantitative estimate of drug-likeness (QED) is 0.667. The first-order chi connectivity index (χ1) is 12.6. The molecule has 0 bridgehead atoms. The van der Waals surface area contributed by atoms with Gasteiger partial charge >= 0.3 is 0 Å². The van der Waals surface area contributed by atoms with Gasteiger partial charge in [-0.15, -0.1) is 0 Å². The summed E-state index contributed by atoms with van der Waals surface area (Å²) in [4.78, 5) is 26.9. The molecule has 26 heavy (non-hydrogen) atoms. The van der Waals surface area contributed by atoms with Crippen molar-refractivity contribution in [1.29, 1.82) is 0 Å². The number of halogens is 1. The van der Waals surface area contributed by atoms with E-state index in [0.29, 0.717) is 13.1 Å². The van der Waals surface area contributed by atoms with Crippen LogP contribution in [0.5, 0.6) is 0 Å². The topological polar surface area (TPSA) is 61.4 Å². The summed E-state index contributed by atoms with van der Waals surface area (Å²) in [5, 5.41) is 5.92. The lowest BCUT2D eigenvalue weighted by atomic mass is 9.97. The summed E-state index contributed by atoms with van der Waals surface area (Å²) < 4.78 is 1.01. The minimum absolute atomic E-state index is 0.0268. The summed E-state index contributed by atoms with van der Waals surface area (Å²) in [5.74, 6) is -0.106. The van der Waals surface area contributed by atoms with Crippen molar-refractivity contribution in [3.63, 3.8) is 0 Å². The number of carbonyl (C=O) groups is 2. The van der Waals surface area contributed by atoms with Gasteiger partial charge in [-0.2, -0.15) is 0 Å². The van der Waals surface area contributed by atoms with Crippen molar-refractivity contribution < 1.29 is 9.59 Å². The molecule has 1 aliphatic rings. The average Bonchev–Trinajstić information content (AvgIpc) is 2.64. The number of nitrogens with zero attached hydrogens (tertiary/aromatic N) is 1. The molecule has 1 aliphatic heterocycles. The summed E-state index contributed by atoms with van der Waals surface area (Å²) in [6.07, 6.45) is 1.77. The Morgan fingerprint density at radius 3 is 2.54 bits per heavy atom.